The number of carbonyl (C=O) groups is 1. The minimum absolute atomic E-state index is 0.0639. The Morgan fingerprint density at radius 3 is 2.60 bits per heavy atom. The molecule has 0 atom stereocenters. The van der Waals surface area contributed by atoms with E-state index in [0.29, 0.717) is 28.2 Å². The van der Waals surface area contributed by atoms with Crippen molar-refractivity contribution in [2.45, 2.75) is 19.9 Å². The second-order valence-electron chi connectivity index (χ2n) is 7.10. The third-order valence-corrected chi connectivity index (χ3v) is 6.02. The van der Waals surface area contributed by atoms with Crippen LogP contribution in [0.3, 0.4) is 0 Å². The first-order valence-electron chi connectivity index (χ1n) is 9.56. The van der Waals surface area contributed by atoms with Crippen LogP contribution in [0.4, 0.5) is 0 Å². The number of carbonyl (C=O) groups excluding carboxylic acids is 1. The number of nitrogens with zero attached hydrogens (tertiary/aromatic N) is 2. The molecular weight excluding hydrogens is 418 g/mol. The van der Waals surface area contributed by atoms with E-state index in [1.807, 2.05) is 60.8 Å². The topological polar surface area (TPSA) is 64.0 Å². The van der Waals surface area contributed by atoms with Crippen molar-refractivity contribution >= 4 is 39.1 Å². The maximum Gasteiger partial charge on any atom is 0.263 e. The first kappa shape index (κ1) is 20.3. The van der Waals surface area contributed by atoms with Crippen LogP contribution in [0.1, 0.15) is 11.1 Å². The SMILES string of the molecule is Cc1ccc(-c2csc3ncn(CC(=O)NCCc4ccc(Cl)cc4)c(=O)c23)cc1. The molecule has 0 saturated carbocycles. The predicted molar refractivity (Wildman–Crippen MR) is 122 cm³/mol. The smallest absolute Gasteiger partial charge is 0.263 e. The maximum atomic E-state index is 13.1. The van der Waals surface area contributed by atoms with E-state index in [0.717, 1.165) is 22.3 Å². The Labute approximate surface area is 183 Å². The highest BCUT2D eigenvalue weighted by Gasteiger charge is 2.14. The molecule has 30 heavy (non-hydrogen) atoms. The molecule has 4 rings (SSSR count). The van der Waals surface area contributed by atoms with Gasteiger partial charge >= 0.3 is 0 Å². The molecule has 0 unspecified atom stereocenters. The molecule has 7 heteroatoms. The molecule has 1 amide bonds. The lowest BCUT2D eigenvalue weighted by Crippen LogP contribution is -2.33. The number of fused-ring (bicyclic) bond motifs is 1. The number of hydrogen-bond acceptors (Lipinski definition) is 4. The van der Waals surface area contributed by atoms with E-state index in [9.17, 15) is 9.59 Å². The lowest BCUT2D eigenvalue weighted by Gasteiger charge is -2.08. The number of benzene rings is 2. The van der Waals surface area contributed by atoms with E-state index in [4.69, 9.17) is 11.6 Å². The van der Waals surface area contributed by atoms with E-state index in [2.05, 4.69) is 10.3 Å². The molecule has 0 radical (unpaired) electrons. The summed E-state index contributed by atoms with van der Waals surface area (Å²) in [5.74, 6) is -0.223. The lowest BCUT2D eigenvalue weighted by atomic mass is 10.1. The quantitative estimate of drug-likeness (QED) is 0.484. The van der Waals surface area contributed by atoms with Gasteiger partial charge < -0.3 is 5.32 Å². The number of aromatic nitrogens is 2. The van der Waals surface area contributed by atoms with Gasteiger partial charge in [0.15, 0.2) is 0 Å². The summed E-state index contributed by atoms with van der Waals surface area (Å²) in [7, 11) is 0. The third kappa shape index (κ3) is 4.45. The Morgan fingerprint density at radius 2 is 1.87 bits per heavy atom. The third-order valence-electron chi connectivity index (χ3n) is 4.89. The Kier molecular flexibility index (Phi) is 5.97. The van der Waals surface area contributed by atoms with E-state index >= 15 is 0 Å². The Morgan fingerprint density at radius 1 is 1.13 bits per heavy atom. The van der Waals surface area contributed by atoms with Crippen molar-refractivity contribution in [2.75, 3.05) is 6.54 Å². The van der Waals surface area contributed by atoms with E-state index in [1.165, 1.54) is 22.2 Å². The number of halogens is 1. The molecule has 2 aromatic carbocycles. The van der Waals surface area contributed by atoms with Gasteiger partial charge in [-0.1, -0.05) is 53.6 Å². The summed E-state index contributed by atoms with van der Waals surface area (Å²) in [6.07, 6.45) is 2.13. The van der Waals surface area contributed by atoms with Gasteiger partial charge in [0.05, 0.1) is 11.7 Å². The highest BCUT2D eigenvalue weighted by Crippen LogP contribution is 2.30. The van der Waals surface area contributed by atoms with Crippen LogP contribution in [-0.4, -0.2) is 22.0 Å². The van der Waals surface area contributed by atoms with Crippen LogP contribution >= 0.6 is 22.9 Å². The van der Waals surface area contributed by atoms with Crippen LogP contribution < -0.4 is 10.9 Å². The molecule has 0 aliphatic rings. The molecular formula is C23H20ClN3O2S. The van der Waals surface area contributed by atoms with Gasteiger partial charge in [-0.15, -0.1) is 11.3 Å². The van der Waals surface area contributed by atoms with Gasteiger partial charge in [-0.05, 0) is 36.6 Å². The molecule has 5 nitrogen and oxygen atoms in total. The molecule has 2 aromatic heterocycles. The van der Waals surface area contributed by atoms with Crippen molar-refractivity contribution in [2.24, 2.45) is 0 Å². The zero-order valence-electron chi connectivity index (χ0n) is 16.4. The minimum Gasteiger partial charge on any atom is -0.354 e. The zero-order valence-corrected chi connectivity index (χ0v) is 18.0. The van der Waals surface area contributed by atoms with Crippen LogP contribution in [0.5, 0.6) is 0 Å². The second kappa shape index (κ2) is 8.81. The summed E-state index contributed by atoms with van der Waals surface area (Å²) in [6.45, 7) is 2.44. The number of rotatable bonds is 6. The Bertz CT molecular complexity index is 1240. The first-order chi connectivity index (χ1) is 14.5. The second-order valence-corrected chi connectivity index (χ2v) is 8.39. The number of hydrogen-bond donors (Lipinski definition) is 1. The minimum atomic E-state index is -0.223. The van der Waals surface area contributed by atoms with Crippen molar-refractivity contribution in [3.8, 4) is 11.1 Å². The number of amides is 1. The maximum absolute atomic E-state index is 13.1. The Hall–Kier alpha value is -2.96. The Balaban J connectivity index is 1.48. The van der Waals surface area contributed by atoms with Gasteiger partial charge in [0.1, 0.15) is 11.4 Å². The van der Waals surface area contributed by atoms with Crippen molar-refractivity contribution in [3.05, 3.63) is 86.7 Å². The van der Waals surface area contributed by atoms with Gasteiger partial charge in [-0.2, -0.15) is 0 Å². The largest absolute Gasteiger partial charge is 0.354 e. The summed E-state index contributed by atoms with van der Waals surface area (Å²) in [6, 6.07) is 15.5. The molecule has 0 aliphatic carbocycles. The van der Waals surface area contributed by atoms with Crippen molar-refractivity contribution in [3.63, 3.8) is 0 Å². The van der Waals surface area contributed by atoms with Crippen molar-refractivity contribution < 1.29 is 4.79 Å². The highest BCUT2D eigenvalue weighted by molar-refractivity contribution is 7.17. The first-order valence-corrected chi connectivity index (χ1v) is 10.8. The van der Waals surface area contributed by atoms with E-state index in [-0.39, 0.29) is 18.0 Å². The van der Waals surface area contributed by atoms with Crippen LogP contribution in [-0.2, 0) is 17.8 Å². The molecule has 2 heterocycles. The average molecular weight is 438 g/mol. The summed E-state index contributed by atoms with van der Waals surface area (Å²) < 4.78 is 1.37. The van der Waals surface area contributed by atoms with Crippen LogP contribution in [0, 0.1) is 6.92 Å². The van der Waals surface area contributed by atoms with Crippen LogP contribution in [0.15, 0.2) is 65.0 Å². The van der Waals surface area contributed by atoms with Gasteiger partial charge in [0.25, 0.3) is 5.56 Å². The summed E-state index contributed by atoms with van der Waals surface area (Å²) in [4.78, 5) is 30.5. The summed E-state index contributed by atoms with van der Waals surface area (Å²) >= 11 is 7.32. The molecule has 0 saturated heterocycles. The van der Waals surface area contributed by atoms with Crippen molar-refractivity contribution in [1.29, 1.82) is 0 Å². The molecule has 152 valence electrons. The molecule has 4 aromatic rings. The van der Waals surface area contributed by atoms with Gasteiger partial charge in [-0.3, -0.25) is 14.2 Å². The van der Waals surface area contributed by atoms with Gasteiger partial charge in [0.2, 0.25) is 5.91 Å². The number of aryl methyl sites for hydroxylation is 1. The van der Waals surface area contributed by atoms with Crippen molar-refractivity contribution in [1.82, 2.24) is 14.9 Å². The normalized spacial score (nSPS) is 11.0. The van der Waals surface area contributed by atoms with Gasteiger partial charge in [-0.25, -0.2) is 4.98 Å². The summed E-state index contributed by atoms with van der Waals surface area (Å²) in [5, 5.41) is 6.04. The van der Waals surface area contributed by atoms with E-state index < -0.39 is 0 Å². The van der Waals surface area contributed by atoms with Crippen LogP contribution in [0.25, 0.3) is 21.3 Å². The predicted octanol–water partition coefficient (Wildman–Crippen LogP) is 4.45. The number of thiophene rings is 1. The van der Waals surface area contributed by atoms with Gasteiger partial charge in [0, 0.05) is 22.5 Å². The molecule has 0 aliphatic heterocycles. The van der Waals surface area contributed by atoms with E-state index in [1.54, 1.807) is 0 Å². The average Bonchev–Trinajstić information content (AvgIpc) is 3.17. The molecule has 1 N–H and O–H groups in total. The summed E-state index contributed by atoms with van der Waals surface area (Å²) in [5.41, 5.74) is 3.86. The van der Waals surface area contributed by atoms with Crippen LogP contribution in [0.2, 0.25) is 5.02 Å². The highest BCUT2D eigenvalue weighted by atomic mass is 35.5. The number of nitrogens with one attached hydrogen (secondary N) is 1. The fraction of sp³-hybridized carbons (Fsp3) is 0.174. The fourth-order valence-corrected chi connectivity index (χ4v) is 4.27. The standard InChI is InChI=1S/C23H20ClN3O2S/c1-15-2-6-17(7-3-15)19-13-30-22-21(19)23(29)27(14-26-22)12-20(28)25-11-10-16-4-8-18(24)9-5-16/h2-9,13-14H,10-12H2,1H3,(H,25,28). The molecule has 0 bridgehead atoms. The molecule has 0 fully saturated rings. The molecule has 0 spiro atoms. The fourth-order valence-electron chi connectivity index (χ4n) is 3.23. The lowest BCUT2D eigenvalue weighted by molar-refractivity contribution is -0.121. The monoisotopic (exact) mass is 437 g/mol. The zero-order chi connectivity index (χ0) is 21.1.